The molecular weight excluding hydrogens is 286 g/mol. The molecule has 0 aromatic carbocycles. The summed E-state index contributed by atoms with van der Waals surface area (Å²) < 4.78 is 0. The number of thioether (sulfide) groups is 1. The van der Waals surface area contributed by atoms with Gasteiger partial charge in [0.25, 0.3) is 5.91 Å². The lowest BCUT2D eigenvalue weighted by atomic mass is 10.00. The number of carbonyl (C=O) groups is 2. The lowest BCUT2D eigenvalue weighted by Crippen LogP contribution is -2.28. The van der Waals surface area contributed by atoms with E-state index in [0.29, 0.717) is 11.3 Å². The Morgan fingerprint density at radius 3 is 2.67 bits per heavy atom. The van der Waals surface area contributed by atoms with Crippen LogP contribution < -0.4 is 0 Å². The first kappa shape index (κ1) is 15.8. The Hall–Kier alpha value is -1.56. The first-order valence-corrected chi connectivity index (χ1v) is 8.16. The van der Waals surface area contributed by atoms with Gasteiger partial charge in [0, 0.05) is 25.8 Å². The molecule has 0 unspecified atom stereocenters. The molecule has 1 saturated heterocycles. The van der Waals surface area contributed by atoms with Crippen molar-refractivity contribution >= 4 is 29.3 Å². The number of hydrazone groups is 1. The summed E-state index contributed by atoms with van der Waals surface area (Å²) in [5.74, 6) is 0.585. The maximum Gasteiger partial charge on any atom is 0.283 e. The van der Waals surface area contributed by atoms with Crippen molar-refractivity contribution < 1.29 is 9.59 Å². The van der Waals surface area contributed by atoms with Gasteiger partial charge in [-0.05, 0) is 18.1 Å². The van der Waals surface area contributed by atoms with Gasteiger partial charge in [-0.15, -0.1) is 11.8 Å². The molecule has 0 aromatic rings. The van der Waals surface area contributed by atoms with Gasteiger partial charge in [-0.1, -0.05) is 20.8 Å². The Labute approximate surface area is 129 Å². The summed E-state index contributed by atoms with van der Waals surface area (Å²) >= 11 is 1.77. The number of hydrogen-bond acceptors (Lipinski definition) is 5. The van der Waals surface area contributed by atoms with Crippen molar-refractivity contribution in [1.82, 2.24) is 9.91 Å². The van der Waals surface area contributed by atoms with E-state index in [1.807, 2.05) is 27.0 Å². The molecule has 0 radical (unpaired) electrons. The Bertz CT molecular complexity index is 549. The van der Waals surface area contributed by atoms with Gasteiger partial charge in [0.15, 0.2) is 0 Å². The zero-order chi connectivity index (χ0) is 15.6. The third kappa shape index (κ3) is 3.20. The first-order valence-electron chi connectivity index (χ1n) is 7.17. The van der Waals surface area contributed by atoms with Crippen LogP contribution >= 0.6 is 11.8 Å². The molecule has 2 heterocycles. The molecule has 0 aliphatic carbocycles. The minimum atomic E-state index is -0.312. The highest BCUT2D eigenvalue weighted by atomic mass is 32.2. The van der Waals surface area contributed by atoms with Crippen LogP contribution in [0.15, 0.2) is 27.9 Å². The average molecular weight is 307 g/mol. The van der Waals surface area contributed by atoms with Crippen LogP contribution in [-0.2, 0) is 9.59 Å². The smallest absolute Gasteiger partial charge is 0.283 e. The number of imide groups is 1. The van der Waals surface area contributed by atoms with Crippen LogP contribution in [0, 0.1) is 5.92 Å². The van der Waals surface area contributed by atoms with Gasteiger partial charge in [0.2, 0.25) is 5.91 Å². The molecule has 5 nitrogen and oxygen atoms in total. The summed E-state index contributed by atoms with van der Waals surface area (Å²) in [6.07, 6.45) is 4.02. The number of hydrogen-bond donors (Lipinski definition) is 0. The molecule has 0 N–H and O–H groups in total. The predicted octanol–water partition coefficient (Wildman–Crippen LogP) is 2.22. The topological polar surface area (TPSA) is 53.0 Å². The molecule has 1 fully saturated rings. The summed E-state index contributed by atoms with van der Waals surface area (Å²) in [6, 6.07) is 0. The second-order valence-corrected chi connectivity index (χ2v) is 6.47. The van der Waals surface area contributed by atoms with Crippen LogP contribution in [0.4, 0.5) is 0 Å². The Morgan fingerprint density at radius 1 is 1.43 bits per heavy atom. The maximum absolute atomic E-state index is 12.4. The zero-order valence-corrected chi connectivity index (χ0v) is 13.7. The average Bonchev–Trinajstić information content (AvgIpc) is 3.00. The molecule has 0 bridgehead atoms. The Balaban J connectivity index is 2.31. The molecule has 114 valence electrons. The molecular formula is C15H21N3O2S. The quantitative estimate of drug-likeness (QED) is 0.750. The molecule has 21 heavy (non-hydrogen) atoms. The fourth-order valence-corrected chi connectivity index (χ4v) is 3.22. The predicted molar refractivity (Wildman–Crippen MR) is 85.7 cm³/mol. The summed E-state index contributed by atoms with van der Waals surface area (Å²) in [7, 11) is 2.03. The summed E-state index contributed by atoms with van der Waals surface area (Å²) in [4.78, 5) is 26.3. The third-order valence-corrected chi connectivity index (χ3v) is 4.57. The van der Waals surface area contributed by atoms with Crippen LogP contribution in [-0.4, -0.2) is 46.8 Å². The second kappa shape index (κ2) is 6.47. The van der Waals surface area contributed by atoms with E-state index in [0.717, 1.165) is 22.3 Å². The SMILES string of the molecule is CCC(=O)N1N=C(C(C)C)/C(=C\C=C2\SCCN2C)C1=O. The van der Waals surface area contributed by atoms with E-state index in [-0.39, 0.29) is 24.2 Å². The minimum absolute atomic E-state index is 0.0993. The Kier molecular flexibility index (Phi) is 4.88. The van der Waals surface area contributed by atoms with Gasteiger partial charge in [0.1, 0.15) is 0 Å². The van der Waals surface area contributed by atoms with Crippen molar-refractivity contribution in [1.29, 1.82) is 0 Å². The first-order chi connectivity index (χ1) is 9.95. The van der Waals surface area contributed by atoms with E-state index in [1.54, 1.807) is 24.8 Å². The highest BCUT2D eigenvalue weighted by Crippen LogP contribution is 2.27. The third-order valence-electron chi connectivity index (χ3n) is 3.44. The van der Waals surface area contributed by atoms with E-state index in [2.05, 4.69) is 10.0 Å². The molecule has 0 spiro atoms. The molecule has 2 aliphatic rings. The van der Waals surface area contributed by atoms with Crippen molar-refractivity contribution in [2.45, 2.75) is 27.2 Å². The van der Waals surface area contributed by atoms with Crippen molar-refractivity contribution in [2.75, 3.05) is 19.3 Å². The van der Waals surface area contributed by atoms with E-state index in [9.17, 15) is 9.59 Å². The summed E-state index contributed by atoms with van der Waals surface area (Å²) in [6.45, 7) is 6.69. The summed E-state index contributed by atoms with van der Waals surface area (Å²) in [5.41, 5.74) is 1.21. The number of carbonyl (C=O) groups excluding carboxylic acids is 2. The Morgan fingerprint density at radius 2 is 2.14 bits per heavy atom. The van der Waals surface area contributed by atoms with Crippen molar-refractivity contribution in [3.63, 3.8) is 0 Å². The van der Waals surface area contributed by atoms with Crippen molar-refractivity contribution in [2.24, 2.45) is 11.0 Å². The second-order valence-electron chi connectivity index (χ2n) is 5.36. The van der Waals surface area contributed by atoms with Crippen LogP contribution in [0.5, 0.6) is 0 Å². The monoisotopic (exact) mass is 307 g/mol. The number of nitrogens with zero attached hydrogens (tertiary/aromatic N) is 3. The van der Waals surface area contributed by atoms with Gasteiger partial charge in [-0.3, -0.25) is 9.59 Å². The lowest BCUT2D eigenvalue weighted by molar-refractivity contribution is -0.141. The number of rotatable bonds is 3. The number of allylic oxidation sites excluding steroid dienone is 2. The summed E-state index contributed by atoms with van der Waals surface area (Å²) in [5, 5.41) is 6.36. The molecule has 0 atom stereocenters. The number of amides is 2. The molecule has 0 saturated carbocycles. The molecule has 6 heteroatoms. The van der Waals surface area contributed by atoms with Gasteiger partial charge in [-0.25, -0.2) is 0 Å². The molecule has 0 aromatic heterocycles. The highest BCUT2D eigenvalue weighted by Gasteiger charge is 2.34. The zero-order valence-electron chi connectivity index (χ0n) is 12.9. The van der Waals surface area contributed by atoms with Crippen LogP contribution in [0.2, 0.25) is 0 Å². The van der Waals surface area contributed by atoms with E-state index in [4.69, 9.17) is 0 Å². The van der Waals surface area contributed by atoms with Crippen molar-refractivity contribution in [3.05, 3.63) is 22.8 Å². The molecule has 2 aliphatic heterocycles. The van der Waals surface area contributed by atoms with E-state index < -0.39 is 0 Å². The van der Waals surface area contributed by atoms with E-state index in [1.165, 1.54) is 0 Å². The standard InChI is InChI=1S/C15H21N3O2S/c1-5-12(19)18-15(20)11(14(16-18)10(2)3)6-7-13-17(4)8-9-21-13/h6-7,10H,5,8-9H2,1-4H3/b11-6+,13-7+. The maximum atomic E-state index is 12.4. The van der Waals surface area contributed by atoms with Crippen molar-refractivity contribution in [3.8, 4) is 0 Å². The fourth-order valence-electron chi connectivity index (χ4n) is 2.17. The fraction of sp³-hybridized carbons (Fsp3) is 0.533. The van der Waals surface area contributed by atoms with Gasteiger partial charge in [-0.2, -0.15) is 10.1 Å². The lowest BCUT2D eigenvalue weighted by Gasteiger charge is -2.10. The van der Waals surface area contributed by atoms with Gasteiger partial charge < -0.3 is 4.90 Å². The van der Waals surface area contributed by atoms with Crippen LogP contribution in [0.25, 0.3) is 0 Å². The van der Waals surface area contributed by atoms with Gasteiger partial charge >= 0.3 is 0 Å². The van der Waals surface area contributed by atoms with E-state index >= 15 is 0 Å². The normalized spacial score (nSPS) is 22.9. The van der Waals surface area contributed by atoms with Gasteiger partial charge in [0.05, 0.1) is 16.3 Å². The van der Waals surface area contributed by atoms with Crippen LogP contribution in [0.1, 0.15) is 27.2 Å². The highest BCUT2D eigenvalue weighted by molar-refractivity contribution is 8.03. The van der Waals surface area contributed by atoms with Crippen LogP contribution in [0.3, 0.4) is 0 Å². The molecule has 2 amide bonds. The molecule has 2 rings (SSSR count). The largest absolute Gasteiger partial charge is 0.369 e. The minimum Gasteiger partial charge on any atom is -0.369 e.